The normalized spacial score (nSPS) is 9.50. The van der Waals surface area contributed by atoms with Gasteiger partial charge in [0.25, 0.3) is 5.91 Å². The summed E-state index contributed by atoms with van der Waals surface area (Å²) in [5.74, 6) is 8.56. The molecule has 8 N–H and O–H groups in total. The molecule has 0 atom stereocenters. The fourth-order valence-electron chi connectivity index (χ4n) is 1.88. The second-order valence-corrected chi connectivity index (χ2v) is 4.63. The Kier molecular flexibility index (Phi) is 7.27. The smallest absolute Gasteiger partial charge is 0.270 e. The van der Waals surface area contributed by atoms with Gasteiger partial charge in [-0.15, -0.1) is 0 Å². The maximum Gasteiger partial charge on any atom is 0.270 e. The number of nitrogens with one attached hydrogen (secondary N) is 2. The first-order valence-electron chi connectivity index (χ1n) is 6.94. The zero-order valence-corrected chi connectivity index (χ0v) is 13.5. The zero-order valence-electron chi connectivity index (χ0n) is 13.5. The minimum atomic E-state index is -0.351. The van der Waals surface area contributed by atoms with Crippen LogP contribution in [0.1, 0.15) is 27.6 Å². The second kappa shape index (κ2) is 9.18. The number of hydrogen-bond acceptors (Lipinski definition) is 7. The number of ether oxygens (including phenoxy) is 1. The van der Waals surface area contributed by atoms with Gasteiger partial charge >= 0.3 is 0 Å². The number of amidine groups is 1. The third kappa shape index (κ3) is 5.30. The number of nitrogens with two attached hydrogens (primary N) is 3. The molecular formula is C15H21N7O2. The Bertz CT molecular complexity index is 719. The lowest BCUT2D eigenvalue weighted by Gasteiger charge is -2.08. The lowest BCUT2D eigenvalue weighted by molar-refractivity contribution is 0.0945. The quantitative estimate of drug-likeness (QED) is 0.219. The Morgan fingerprint density at radius 3 is 2.54 bits per heavy atom. The van der Waals surface area contributed by atoms with Crippen molar-refractivity contribution >= 4 is 11.7 Å². The number of carbonyl (C=O) groups is 1. The van der Waals surface area contributed by atoms with E-state index < -0.39 is 0 Å². The predicted octanol–water partition coefficient (Wildman–Crippen LogP) is -0.174. The molecule has 0 spiro atoms. The van der Waals surface area contributed by atoms with Crippen molar-refractivity contribution in [2.45, 2.75) is 13.5 Å². The largest absolute Gasteiger partial charge is 0.497 e. The molecule has 1 heterocycles. The van der Waals surface area contributed by atoms with E-state index in [0.717, 1.165) is 11.3 Å². The molecular weight excluding hydrogens is 310 g/mol. The van der Waals surface area contributed by atoms with Crippen molar-refractivity contribution in [1.29, 1.82) is 5.41 Å². The van der Waals surface area contributed by atoms with E-state index in [-0.39, 0.29) is 23.1 Å². The molecule has 9 heteroatoms. The standard InChI is InChI=1S/C15H17N5O2.H4N2/c1-9-19-12(14(16)17)7-13(20-9)15(21)18-8-10-4-3-5-11(6-10)22-2;1-2/h3-7H,8H2,1-2H3,(H3,16,17)(H,18,21);1-2H2. The molecule has 0 aliphatic carbocycles. The summed E-state index contributed by atoms with van der Waals surface area (Å²) in [5.41, 5.74) is 6.72. The highest BCUT2D eigenvalue weighted by molar-refractivity contribution is 5.97. The molecule has 1 aromatic heterocycles. The zero-order chi connectivity index (χ0) is 18.1. The Labute approximate surface area is 139 Å². The van der Waals surface area contributed by atoms with Crippen molar-refractivity contribution in [3.05, 3.63) is 53.1 Å². The van der Waals surface area contributed by atoms with Gasteiger partial charge in [-0.25, -0.2) is 9.97 Å². The summed E-state index contributed by atoms with van der Waals surface area (Å²) in [5, 5.41) is 10.2. The third-order valence-electron chi connectivity index (χ3n) is 2.93. The first-order chi connectivity index (χ1) is 11.5. The number of methoxy groups -OCH3 is 1. The molecule has 24 heavy (non-hydrogen) atoms. The van der Waals surface area contributed by atoms with Crippen LogP contribution in [0, 0.1) is 12.3 Å². The average molecular weight is 331 g/mol. The van der Waals surface area contributed by atoms with E-state index in [4.69, 9.17) is 15.9 Å². The van der Waals surface area contributed by atoms with Gasteiger partial charge in [-0.2, -0.15) is 0 Å². The van der Waals surface area contributed by atoms with Crippen molar-refractivity contribution < 1.29 is 9.53 Å². The Hall–Kier alpha value is -3.04. The third-order valence-corrected chi connectivity index (χ3v) is 2.93. The highest BCUT2D eigenvalue weighted by Gasteiger charge is 2.11. The molecule has 0 radical (unpaired) electrons. The molecule has 1 aromatic carbocycles. The van der Waals surface area contributed by atoms with Crippen LogP contribution in [0.2, 0.25) is 0 Å². The molecule has 0 aliphatic rings. The van der Waals surface area contributed by atoms with Crippen LogP contribution >= 0.6 is 0 Å². The van der Waals surface area contributed by atoms with Crippen molar-refractivity contribution in [3.8, 4) is 5.75 Å². The van der Waals surface area contributed by atoms with Gasteiger partial charge in [-0.3, -0.25) is 21.9 Å². The summed E-state index contributed by atoms with van der Waals surface area (Å²) in [6.07, 6.45) is 0. The van der Waals surface area contributed by atoms with Crippen molar-refractivity contribution in [2.24, 2.45) is 17.4 Å². The molecule has 0 saturated heterocycles. The molecule has 128 valence electrons. The van der Waals surface area contributed by atoms with Gasteiger partial charge in [-0.05, 0) is 30.7 Å². The Balaban J connectivity index is 0.00000139. The number of nitrogen functional groups attached to an aromatic ring is 1. The number of aromatic nitrogens is 2. The van der Waals surface area contributed by atoms with Crippen LogP contribution in [0.25, 0.3) is 0 Å². The topological polar surface area (TPSA) is 166 Å². The van der Waals surface area contributed by atoms with Gasteiger partial charge in [0.15, 0.2) is 0 Å². The molecule has 0 aliphatic heterocycles. The number of amides is 1. The fourth-order valence-corrected chi connectivity index (χ4v) is 1.88. The van der Waals surface area contributed by atoms with Gasteiger partial charge in [-0.1, -0.05) is 12.1 Å². The van der Waals surface area contributed by atoms with E-state index >= 15 is 0 Å². The highest BCUT2D eigenvalue weighted by atomic mass is 16.5. The first-order valence-corrected chi connectivity index (χ1v) is 6.94. The van der Waals surface area contributed by atoms with Gasteiger partial charge < -0.3 is 15.8 Å². The maximum atomic E-state index is 12.2. The predicted molar refractivity (Wildman–Crippen MR) is 90.3 cm³/mol. The number of rotatable bonds is 5. The molecule has 0 bridgehead atoms. The van der Waals surface area contributed by atoms with E-state index in [0.29, 0.717) is 12.4 Å². The number of nitrogens with zero attached hydrogens (tertiary/aromatic N) is 2. The SMILES string of the molecule is COc1cccc(CNC(=O)c2cc(C(=N)N)nc(C)n2)c1.NN. The molecule has 0 saturated carbocycles. The van der Waals surface area contributed by atoms with Crippen LogP contribution in [0.3, 0.4) is 0 Å². The lowest BCUT2D eigenvalue weighted by atomic mass is 10.2. The van der Waals surface area contributed by atoms with Gasteiger partial charge in [0.1, 0.15) is 28.8 Å². The summed E-state index contributed by atoms with van der Waals surface area (Å²) in [7, 11) is 1.59. The summed E-state index contributed by atoms with van der Waals surface area (Å²) in [4.78, 5) is 20.2. The Morgan fingerprint density at radius 1 is 1.25 bits per heavy atom. The second-order valence-electron chi connectivity index (χ2n) is 4.63. The summed E-state index contributed by atoms with van der Waals surface area (Å²) in [6.45, 7) is 1.99. The molecule has 2 aromatic rings. The number of benzene rings is 1. The van der Waals surface area contributed by atoms with Crippen molar-refractivity contribution in [3.63, 3.8) is 0 Å². The summed E-state index contributed by atoms with van der Waals surface area (Å²) < 4.78 is 5.13. The molecule has 1 amide bonds. The average Bonchev–Trinajstić information content (AvgIpc) is 2.61. The van der Waals surface area contributed by atoms with Crippen LogP contribution in [0.15, 0.2) is 30.3 Å². The lowest BCUT2D eigenvalue weighted by Crippen LogP contribution is -2.25. The number of hydrogen-bond donors (Lipinski definition) is 5. The van der Waals surface area contributed by atoms with Crippen LogP contribution in [0.4, 0.5) is 0 Å². The van der Waals surface area contributed by atoms with E-state index in [1.807, 2.05) is 24.3 Å². The van der Waals surface area contributed by atoms with E-state index in [9.17, 15) is 4.79 Å². The molecule has 2 rings (SSSR count). The molecule has 9 nitrogen and oxygen atoms in total. The van der Waals surface area contributed by atoms with E-state index in [2.05, 4.69) is 27.0 Å². The van der Waals surface area contributed by atoms with Crippen LogP contribution in [0.5, 0.6) is 5.75 Å². The highest BCUT2D eigenvalue weighted by Crippen LogP contribution is 2.12. The van der Waals surface area contributed by atoms with Crippen LogP contribution < -0.4 is 27.5 Å². The van der Waals surface area contributed by atoms with E-state index in [1.54, 1.807) is 14.0 Å². The summed E-state index contributed by atoms with van der Waals surface area (Å²) >= 11 is 0. The van der Waals surface area contributed by atoms with Crippen molar-refractivity contribution in [1.82, 2.24) is 15.3 Å². The van der Waals surface area contributed by atoms with Crippen LogP contribution in [-0.2, 0) is 6.54 Å². The van der Waals surface area contributed by atoms with Gasteiger partial charge in [0, 0.05) is 6.54 Å². The minimum Gasteiger partial charge on any atom is -0.497 e. The summed E-state index contributed by atoms with van der Waals surface area (Å²) in [6, 6.07) is 8.80. The van der Waals surface area contributed by atoms with E-state index in [1.165, 1.54) is 6.07 Å². The Morgan fingerprint density at radius 2 is 1.92 bits per heavy atom. The molecule has 0 fully saturated rings. The fraction of sp³-hybridized carbons (Fsp3) is 0.200. The van der Waals surface area contributed by atoms with Crippen molar-refractivity contribution in [2.75, 3.05) is 7.11 Å². The maximum absolute atomic E-state index is 12.2. The minimum absolute atomic E-state index is 0.181. The number of hydrazine groups is 1. The number of aryl methyl sites for hydroxylation is 1. The van der Waals surface area contributed by atoms with Gasteiger partial charge in [0.2, 0.25) is 0 Å². The van der Waals surface area contributed by atoms with Gasteiger partial charge in [0.05, 0.1) is 7.11 Å². The molecule has 0 unspecified atom stereocenters. The first kappa shape index (κ1) is 19.0. The number of carbonyl (C=O) groups excluding carboxylic acids is 1. The monoisotopic (exact) mass is 331 g/mol. The van der Waals surface area contributed by atoms with Crippen LogP contribution in [-0.4, -0.2) is 28.8 Å².